The van der Waals surface area contributed by atoms with Gasteiger partial charge in [-0.2, -0.15) is 0 Å². The molecule has 3 rings (SSSR count). The number of hydrogen-bond donors (Lipinski definition) is 0. The van der Waals surface area contributed by atoms with Gasteiger partial charge in [0.15, 0.2) is 11.5 Å². The Morgan fingerprint density at radius 3 is 1.12 bits per heavy atom. The number of hydrogen-bond acceptors (Lipinski definition) is 4. The van der Waals surface area contributed by atoms with Gasteiger partial charge in [0.25, 0.3) is 0 Å². The Kier molecular flexibility index (Phi) is 17.8. The highest BCUT2D eigenvalue weighted by Gasteiger charge is 2.14. The molecule has 0 N–H and O–H groups in total. The SMILES string of the molecule is CCCCCCCCCCCCOc1cc2nc3c(Br)ccc(Br)c3nc2cc1OCCCCCCCCCCCC. The Hall–Kier alpha value is -1.40. The summed E-state index contributed by atoms with van der Waals surface area (Å²) in [6, 6.07) is 8.03. The average molecular weight is 707 g/mol. The first-order valence-electron chi connectivity index (χ1n) is 17.0. The van der Waals surface area contributed by atoms with E-state index in [1.807, 2.05) is 24.3 Å². The number of nitrogens with zero attached hydrogens (tertiary/aromatic N) is 2. The molecule has 0 atom stereocenters. The third kappa shape index (κ3) is 12.7. The first-order chi connectivity index (χ1) is 20.6. The highest BCUT2D eigenvalue weighted by atomic mass is 79.9. The number of ether oxygens (including phenoxy) is 2. The molecule has 0 saturated carbocycles. The second kappa shape index (κ2) is 21.3. The lowest BCUT2D eigenvalue weighted by Gasteiger charge is -2.14. The zero-order chi connectivity index (χ0) is 29.8. The summed E-state index contributed by atoms with van der Waals surface area (Å²) >= 11 is 7.28. The van der Waals surface area contributed by atoms with Crippen LogP contribution in [-0.4, -0.2) is 23.2 Å². The van der Waals surface area contributed by atoms with E-state index < -0.39 is 0 Å². The molecular weight excluding hydrogens is 652 g/mol. The lowest BCUT2D eigenvalue weighted by Crippen LogP contribution is -2.04. The molecule has 0 bridgehead atoms. The third-order valence-electron chi connectivity index (χ3n) is 8.07. The molecule has 1 aromatic heterocycles. The smallest absolute Gasteiger partial charge is 0.163 e. The maximum atomic E-state index is 6.32. The monoisotopic (exact) mass is 704 g/mol. The predicted molar refractivity (Wildman–Crippen MR) is 187 cm³/mol. The van der Waals surface area contributed by atoms with Gasteiger partial charge in [-0.15, -0.1) is 0 Å². The van der Waals surface area contributed by atoms with Crippen molar-refractivity contribution in [1.29, 1.82) is 0 Å². The summed E-state index contributed by atoms with van der Waals surface area (Å²) in [5.41, 5.74) is 3.34. The predicted octanol–water partition coefficient (Wildman–Crippen LogP) is 12.9. The Labute approximate surface area is 272 Å². The van der Waals surface area contributed by atoms with Crippen molar-refractivity contribution < 1.29 is 9.47 Å². The summed E-state index contributed by atoms with van der Waals surface area (Å²) in [6.07, 6.45) is 26.3. The second-order valence-electron chi connectivity index (χ2n) is 11.8. The van der Waals surface area contributed by atoms with E-state index in [1.165, 1.54) is 116 Å². The van der Waals surface area contributed by atoms with Gasteiger partial charge >= 0.3 is 0 Å². The van der Waals surface area contributed by atoms with Crippen molar-refractivity contribution >= 4 is 53.9 Å². The van der Waals surface area contributed by atoms with Gasteiger partial charge in [-0.3, -0.25) is 0 Å². The van der Waals surface area contributed by atoms with Gasteiger partial charge in [0.05, 0.1) is 24.2 Å². The summed E-state index contributed by atoms with van der Waals surface area (Å²) in [4.78, 5) is 9.86. The summed E-state index contributed by atoms with van der Waals surface area (Å²) in [7, 11) is 0. The Morgan fingerprint density at radius 2 is 0.786 bits per heavy atom. The van der Waals surface area contributed by atoms with Gasteiger partial charge in [0.2, 0.25) is 0 Å². The molecule has 0 spiro atoms. The normalized spacial score (nSPS) is 11.5. The molecule has 1 heterocycles. The molecule has 0 unspecified atom stereocenters. The molecule has 0 aliphatic carbocycles. The van der Waals surface area contributed by atoms with Gasteiger partial charge in [0.1, 0.15) is 11.0 Å². The van der Waals surface area contributed by atoms with Crippen LogP contribution in [0.25, 0.3) is 22.1 Å². The highest BCUT2D eigenvalue weighted by Crippen LogP contribution is 2.35. The van der Waals surface area contributed by atoms with Crippen molar-refractivity contribution in [2.45, 2.75) is 142 Å². The van der Waals surface area contributed by atoms with E-state index in [-0.39, 0.29) is 0 Å². The number of rotatable bonds is 24. The molecule has 0 saturated heterocycles. The molecule has 6 heteroatoms. The molecular formula is C36H54Br2N2O2. The molecule has 3 aromatic rings. The minimum absolute atomic E-state index is 0.701. The van der Waals surface area contributed by atoms with Gasteiger partial charge in [-0.1, -0.05) is 129 Å². The van der Waals surface area contributed by atoms with Crippen molar-refractivity contribution in [3.8, 4) is 11.5 Å². The van der Waals surface area contributed by atoms with E-state index in [1.54, 1.807) is 0 Å². The standard InChI is InChI=1S/C36H54Br2N2O2/c1-3-5-7-9-11-13-15-17-19-21-25-41-33-27-31-32(40-36-30(38)24-23-29(37)35(36)39-31)28-34(33)42-26-22-20-18-16-14-12-10-8-6-4-2/h23-24,27-28H,3-22,25-26H2,1-2H3. The van der Waals surface area contributed by atoms with Gasteiger partial charge in [-0.25, -0.2) is 9.97 Å². The lowest BCUT2D eigenvalue weighted by atomic mass is 10.1. The molecule has 42 heavy (non-hydrogen) atoms. The number of unbranched alkanes of at least 4 members (excludes halogenated alkanes) is 18. The summed E-state index contributed by atoms with van der Waals surface area (Å²) in [5.74, 6) is 1.57. The van der Waals surface area contributed by atoms with Crippen molar-refractivity contribution in [2.75, 3.05) is 13.2 Å². The Morgan fingerprint density at radius 1 is 0.476 bits per heavy atom. The lowest BCUT2D eigenvalue weighted by molar-refractivity contribution is 0.259. The van der Waals surface area contributed by atoms with Crippen LogP contribution in [0.2, 0.25) is 0 Å². The highest BCUT2D eigenvalue weighted by molar-refractivity contribution is 9.11. The number of fused-ring (bicyclic) bond motifs is 2. The van der Waals surface area contributed by atoms with Crippen LogP contribution in [0.4, 0.5) is 0 Å². The summed E-state index contributed by atoms with van der Waals surface area (Å²) < 4.78 is 14.5. The van der Waals surface area contributed by atoms with E-state index in [9.17, 15) is 0 Å². The topological polar surface area (TPSA) is 44.2 Å². The molecule has 234 valence electrons. The van der Waals surface area contributed by atoms with Gasteiger partial charge in [-0.05, 0) is 56.8 Å². The first-order valence-corrected chi connectivity index (χ1v) is 18.6. The van der Waals surface area contributed by atoms with Crippen molar-refractivity contribution in [3.05, 3.63) is 33.2 Å². The average Bonchev–Trinajstić information content (AvgIpc) is 3.00. The van der Waals surface area contributed by atoms with E-state index >= 15 is 0 Å². The number of halogens is 2. The fourth-order valence-corrected chi connectivity index (χ4v) is 6.29. The van der Waals surface area contributed by atoms with Crippen LogP contribution in [-0.2, 0) is 0 Å². The second-order valence-corrected chi connectivity index (χ2v) is 13.5. The zero-order valence-electron chi connectivity index (χ0n) is 26.3. The maximum absolute atomic E-state index is 6.32. The fraction of sp³-hybridized carbons (Fsp3) is 0.667. The molecule has 4 nitrogen and oxygen atoms in total. The van der Waals surface area contributed by atoms with E-state index in [4.69, 9.17) is 19.4 Å². The first kappa shape index (κ1) is 35.1. The third-order valence-corrected chi connectivity index (χ3v) is 9.35. The minimum Gasteiger partial charge on any atom is -0.490 e. The summed E-state index contributed by atoms with van der Waals surface area (Å²) in [5, 5.41) is 0. The van der Waals surface area contributed by atoms with Crippen LogP contribution >= 0.6 is 31.9 Å². The number of aromatic nitrogens is 2. The Bertz CT molecular complexity index is 1080. The van der Waals surface area contributed by atoms with E-state index in [0.717, 1.165) is 55.4 Å². The van der Waals surface area contributed by atoms with Crippen molar-refractivity contribution in [2.24, 2.45) is 0 Å². The van der Waals surface area contributed by atoms with Crippen LogP contribution in [0.3, 0.4) is 0 Å². The molecule has 0 aliphatic heterocycles. The van der Waals surface area contributed by atoms with E-state index in [0.29, 0.717) is 13.2 Å². The van der Waals surface area contributed by atoms with Crippen LogP contribution in [0.15, 0.2) is 33.2 Å². The van der Waals surface area contributed by atoms with Crippen LogP contribution in [0, 0.1) is 0 Å². The minimum atomic E-state index is 0.701. The van der Waals surface area contributed by atoms with Crippen molar-refractivity contribution in [3.63, 3.8) is 0 Å². The molecule has 0 fully saturated rings. The van der Waals surface area contributed by atoms with Crippen LogP contribution < -0.4 is 9.47 Å². The van der Waals surface area contributed by atoms with E-state index in [2.05, 4.69) is 45.7 Å². The fourth-order valence-electron chi connectivity index (χ4n) is 5.47. The summed E-state index contributed by atoms with van der Waals surface area (Å²) in [6.45, 7) is 5.96. The molecule has 2 aromatic carbocycles. The molecule has 0 radical (unpaired) electrons. The van der Waals surface area contributed by atoms with Crippen LogP contribution in [0.1, 0.15) is 142 Å². The molecule has 0 aliphatic rings. The van der Waals surface area contributed by atoms with Crippen molar-refractivity contribution in [1.82, 2.24) is 9.97 Å². The number of benzene rings is 2. The largest absolute Gasteiger partial charge is 0.490 e. The van der Waals surface area contributed by atoms with Gasteiger partial charge in [0, 0.05) is 21.1 Å². The molecule has 0 amide bonds. The zero-order valence-corrected chi connectivity index (χ0v) is 29.5. The quantitative estimate of drug-likeness (QED) is 0.0687. The Balaban J connectivity index is 1.51. The van der Waals surface area contributed by atoms with Crippen LogP contribution in [0.5, 0.6) is 11.5 Å². The van der Waals surface area contributed by atoms with Gasteiger partial charge < -0.3 is 9.47 Å². The maximum Gasteiger partial charge on any atom is 0.163 e.